The summed E-state index contributed by atoms with van der Waals surface area (Å²) in [5, 5.41) is 6.34. The number of carbonyl (C=O) groups excluding carboxylic acids is 1. The van der Waals surface area contributed by atoms with E-state index in [2.05, 4.69) is 17.6 Å². The van der Waals surface area contributed by atoms with Crippen LogP contribution in [0, 0.1) is 5.92 Å². The zero-order valence-electron chi connectivity index (χ0n) is 14.7. The van der Waals surface area contributed by atoms with E-state index in [1.165, 1.54) is 16.4 Å². The predicted octanol–water partition coefficient (Wildman–Crippen LogP) is 1.44. The molecule has 0 aliphatic carbocycles. The van der Waals surface area contributed by atoms with E-state index in [0.29, 0.717) is 11.5 Å². The highest BCUT2D eigenvalue weighted by atomic mass is 32.2. The molecule has 1 amide bonds. The molecule has 1 aliphatic heterocycles. The normalized spacial score (nSPS) is 21.9. The summed E-state index contributed by atoms with van der Waals surface area (Å²) in [7, 11) is -1.97. The van der Waals surface area contributed by atoms with Crippen molar-refractivity contribution in [1.29, 1.82) is 0 Å². The fourth-order valence-corrected chi connectivity index (χ4v) is 4.07. The maximum atomic E-state index is 12.4. The number of amides is 1. The van der Waals surface area contributed by atoms with E-state index >= 15 is 0 Å². The summed E-state index contributed by atoms with van der Waals surface area (Å²) in [5.74, 6) is 0.219. The van der Waals surface area contributed by atoms with Gasteiger partial charge in [-0.3, -0.25) is 4.79 Å². The number of nitrogens with one attached hydrogen (secondary N) is 2. The molecule has 2 atom stereocenters. The van der Waals surface area contributed by atoms with Crippen molar-refractivity contribution in [3.63, 3.8) is 0 Å². The fraction of sp³-hybridized carbons (Fsp3) is 0.588. The Kier molecular flexibility index (Phi) is 6.01. The second-order valence-corrected chi connectivity index (χ2v) is 8.69. The number of hydrogen-bond donors (Lipinski definition) is 2. The van der Waals surface area contributed by atoms with Crippen molar-refractivity contribution in [2.24, 2.45) is 5.92 Å². The average molecular weight is 353 g/mol. The number of rotatable bonds is 5. The summed E-state index contributed by atoms with van der Waals surface area (Å²) in [6.07, 6.45) is 0.901. The van der Waals surface area contributed by atoms with Gasteiger partial charge < -0.3 is 10.6 Å². The quantitative estimate of drug-likeness (QED) is 0.840. The van der Waals surface area contributed by atoms with Crippen molar-refractivity contribution < 1.29 is 13.2 Å². The van der Waals surface area contributed by atoms with Gasteiger partial charge >= 0.3 is 0 Å². The lowest BCUT2D eigenvalue weighted by molar-refractivity contribution is 0.0914. The van der Waals surface area contributed by atoms with Crippen molar-refractivity contribution in [1.82, 2.24) is 14.9 Å². The van der Waals surface area contributed by atoms with E-state index in [1.54, 1.807) is 19.2 Å². The van der Waals surface area contributed by atoms with Gasteiger partial charge in [-0.15, -0.1) is 0 Å². The third-order valence-electron chi connectivity index (χ3n) is 4.62. The van der Waals surface area contributed by atoms with Crippen LogP contribution in [0.4, 0.5) is 0 Å². The molecule has 1 aliphatic rings. The molecule has 0 saturated carbocycles. The lowest BCUT2D eigenvalue weighted by Gasteiger charge is -2.30. The Labute approximate surface area is 144 Å². The van der Waals surface area contributed by atoms with Gasteiger partial charge in [0.1, 0.15) is 0 Å². The third kappa shape index (κ3) is 4.15. The van der Waals surface area contributed by atoms with Crippen LogP contribution in [0.3, 0.4) is 0 Å². The van der Waals surface area contributed by atoms with Crippen molar-refractivity contribution in [3.05, 3.63) is 29.8 Å². The van der Waals surface area contributed by atoms with Gasteiger partial charge in [-0.25, -0.2) is 8.42 Å². The molecule has 24 heavy (non-hydrogen) atoms. The molecule has 0 bridgehead atoms. The molecule has 1 aromatic carbocycles. The van der Waals surface area contributed by atoms with Crippen LogP contribution in [0.15, 0.2) is 29.2 Å². The molecule has 6 nitrogen and oxygen atoms in total. The second-order valence-electron chi connectivity index (χ2n) is 6.69. The summed E-state index contributed by atoms with van der Waals surface area (Å²) in [4.78, 5) is 12.6. The molecular formula is C17H27N3O3S. The van der Waals surface area contributed by atoms with Gasteiger partial charge in [-0.05, 0) is 63.5 Å². The van der Waals surface area contributed by atoms with E-state index in [0.717, 1.165) is 19.5 Å². The van der Waals surface area contributed by atoms with Gasteiger partial charge in [0.2, 0.25) is 10.0 Å². The SMILES string of the molecule is CC1CNCCC1NC(=O)c1ccc(S(=O)(=O)N(C)C(C)C)cc1. The molecule has 2 unspecified atom stereocenters. The summed E-state index contributed by atoms with van der Waals surface area (Å²) >= 11 is 0. The molecule has 1 aromatic rings. The van der Waals surface area contributed by atoms with Crippen molar-refractivity contribution in [2.45, 2.75) is 44.2 Å². The standard InChI is InChI=1S/C17H27N3O3S/c1-12(2)20(4)24(22,23)15-7-5-14(6-8-15)17(21)19-16-9-10-18-11-13(16)3/h5-8,12-13,16,18H,9-11H2,1-4H3,(H,19,21). The number of hydrogen-bond acceptors (Lipinski definition) is 4. The van der Waals surface area contributed by atoms with Crippen LogP contribution >= 0.6 is 0 Å². The Hall–Kier alpha value is -1.44. The van der Waals surface area contributed by atoms with Gasteiger partial charge in [0.25, 0.3) is 5.91 Å². The molecule has 7 heteroatoms. The van der Waals surface area contributed by atoms with Crippen LogP contribution in [0.25, 0.3) is 0 Å². The minimum atomic E-state index is -3.52. The molecule has 2 rings (SSSR count). The first-order valence-corrected chi connectivity index (χ1v) is 9.77. The van der Waals surface area contributed by atoms with Gasteiger partial charge in [-0.1, -0.05) is 6.92 Å². The van der Waals surface area contributed by atoms with E-state index in [9.17, 15) is 13.2 Å². The molecule has 0 aromatic heterocycles. The van der Waals surface area contributed by atoms with Crippen LogP contribution < -0.4 is 10.6 Å². The Morgan fingerprint density at radius 1 is 1.29 bits per heavy atom. The maximum Gasteiger partial charge on any atom is 0.251 e. The van der Waals surface area contributed by atoms with Crippen LogP contribution in [0.1, 0.15) is 37.6 Å². The minimum absolute atomic E-state index is 0.126. The van der Waals surface area contributed by atoms with Crippen LogP contribution in [-0.2, 0) is 10.0 Å². The van der Waals surface area contributed by atoms with Gasteiger partial charge in [0.15, 0.2) is 0 Å². The summed E-state index contributed by atoms with van der Waals surface area (Å²) < 4.78 is 26.2. The van der Waals surface area contributed by atoms with Crippen LogP contribution in [0.5, 0.6) is 0 Å². The van der Waals surface area contributed by atoms with Crippen LogP contribution in [-0.4, -0.2) is 50.9 Å². The monoisotopic (exact) mass is 353 g/mol. The molecule has 1 fully saturated rings. The second kappa shape index (κ2) is 7.63. The Morgan fingerprint density at radius 2 is 1.92 bits per heavy atom. The topological polar surface area (TPSA) is 78.5 Å². The van der Waals surface area contributed by atoms with Gasteiger partial charge in [0, 0.05) is 24.7 Å². The number of piperidine rings is 1. The lowest BCUT2D eigenvalue weighted by atomic mass is 9.95. The number of benzene rings is 1. The summed E-state index contributed by atoms with van der Waals surface area (Å²) in [6, 6.07) is 6.16. The Bertz CT molecular complexity index is 671. The minimum Gasteiger partial charge on any atom is -0.349 e. The van der Waals surface area contributed by atoms with Crippen molar-refractivity contribution in [2.75, 3.05) is 20.1 Å². The van der Waals surface area contributed by atoms with E-state index < -0.39 is 10.0 Å². The molecule has 0 radical (unpaired) electrons. The first-order valence-electron chi connectivity index (χ1n) is 8.33. The van der Waals surface area contributed by atoms with Gasteiger partial charge in [-0.2, -0.15) is 4.31 Å². The fourth-order valence-electron chi connectivity index (χ4n) is 2.70. The third-order valence-corrected chi connectivity index (χ3v) is 6.67. The largest absolute Gasteiger partial charge is 0.349 e. The molecular weight excluding hydrogens is 326 g/mol. The smallest absolute Gasteiger partial charge is 0.251 e. The number of carbonyl (C=O) groups is 1. The van der Waals surface area contributed by atoms with Crippen molar-refractivity contribution >= 4 is 15.9 Å². The molecule has 134 valence electrons. The first kappa shape index (κ1) is 18.9. The highest BCUT2D eigenvalue weighted by Gasteiger charge is 2.25. The van der Waals surface area contributed by atoms with Gasteiger partial charge in [0.05, 0.1) is 4.90 Å². The summed E-state index contributed by atoms with van der Waals surface area (Å²) in [5.41, 5.74) is 0.479. The molecule has 2 N–H and O–H groups in total. The lowest BCUT2D eigenvalue weighted by Crippen LogP contribution is -2.48. The zero-order chi connectivity index (χ0) is 17.9. The molecule has 1 heterocycles. The van der Waals surface area contributed by atoms with Crippen LogP contribution in [0.2, 0.25) is 0 Å². The first-order chi connectivity index (χ1) is 11.2. The molecule has 0 spiro atoms. The highest BCUT2D eigenvalue weighted by molar-refractivity contribution is 7.89. The molecule has 1 saturated heterocycles. The number of sulfonamides is 1. The van der Waals surface area contributed by atoms with E-state index in [-0.39, 0.29) is 22.9 Å². The zero-order valence-corrected chi connectivity index (χ0v) is 15.6. The predicted molar refractivity (Wildman–Crippen MR) is 94.4 cm³/mol. The Balaban J connectivity index is 2.10. The summed E-state index contributed by atoms with van der Waals surface area (Å²) in [6.45, 7) is 7.53. The Morgan fingerprint density at radius 3 is 2.46 bits per heavy atom. The average Bonchev–Trinajstić information content (AvgIpc) is 2.56. The van der Waals surface area contributed by atoms with Crippen molar-refractivity contribution in [3.8, 4) is 0 Å². The number of nitrogens with zero attached hydrogens (tertiary/aromatic N) is 1. The van der Waals surface area contributed by atoms with E-state index in [1.807, 2.05) is 13.8 Å². The highest BCUT2D eigenvalue weighted by Crippen LogP contribution is 2.18. The maximum absolute atomic E-state index is 12.4. The van der Waals surface area contributed by atoms with E-state index in [4.69, 9.17) is 0 Å².